The molecule has 5 heteroatoms. The molecule has 1 aromatic rings. The fourth-order valence-corrected chi connectivity index (χ4v) is 2.71. The molecule has 1 aliphatic heterocycles. The van der Waals surface area contributed by atoms with Gasteiger partial charge in [0.15, 0.2) is 5.82 Å². The summed E-state index contributed by atoms with van der Waals surface area (Å²) in [4.78, 5) is 4.48. The lowest BCUT2D eigenvalue weighted by atomic mass is 9.87. The molecule has 0 spiro atoms. The number of hydrogen-bond acceptors (Lipinski definition) is 5. The van der Waals surface area contributed by atoms with Crippen molar-refractivity contribution < 1.29 is 14.4 Å². The summed E-state index contributed by atoms with van der Waals surface area (Å²) < 4.78 is 10.7. The Morgan fingerprint density at radius 1 is 1.18 bits per heavy atom. The summed E-state index contributed by atoms with van der Waals surface area (Å²) in [5.41, 5.74) is 0. The summed E-state index contributed by atoms with van der Waals surface area (Å²) >= 11 is 0. The smallest absolute Gasteiger partial charge is 0.229 e. The molecule has 0 radical (unpaired) electrons. The van der Waals surface area contributed by atoms with Crippen molar-refractivity contribution >= 4 is 0 Å². The Balaban J connectivity index is 1.70. The number of aromatic nitrogens is 2. The lowest BCUT2D eigenvalue weighted by molar-refractivity contribution is 0.111. The van der Waals surface area contributed by atoms with E-state index in [4.69, 9.17) is 9.26 Å². The van der Waals surface area contributed by atoms with Gasteiger partial charge in [0.05, 0.1) is 12.7 Å². The molecule has 0 bridgehead atoms. The highest BCUT2D eigenvalue weighted by molar-refractivity contribution is 5.02. The topological polar surface area (TPSA) is 68.4 Å². The predicted molar refractivity (Wildman–Crippen MR) is 59.7 cm³/mol. The Labute approximate surface area is 100 Å². The van der Waals surface area contributed by atoms with Crippen LogP contribution in [0.25, 0.3) is 0 Å². The second kappa shape index (κ2) is 4.74. The molecular weight excluding hydrogens is 220 g/mol. The molecule has 2 fully saturated rings. The van der Waals surface area contributed by atoms with Crippen LogP contribution in [-0.2, 0) is 4.74 Å². The summed E-state index contributed by atoms with van der Waals surface area (Å²) in [7, 11) is 0. The van der Waals surface area contributed by atoms with E-state index in [-0.39, 0.29) is 12.0 Å². The van der Waals surface area contributed by atoms with E-state index in [1.807, 2.05) is 0 Å². The quantitative estimate of drug-likeness (QED) is 0.847. The van der Waals surface area contributed by atoms with Crippen LogP contribution in [0, 0.1) is 0 Å². The van der Waals surface area contributed by atoms with Gasteiger partial charge in [-0.2, -0.15) is 4.98 Å². The average molecular weight is 238 g/mol. The summed E-state index contributed by atoms with van der Waals surface area (Å²) in [5.74, 6) is 2.01. The van der Waals surface area contributed by atoms with Gasteiger partial charge >= 0.3 is 0 Å². The minimum atomic E-state index is -0.209. The zero-order valence-corrected chi connectivity index (χ0v) is 9.84. The zero-order valence-electron chi connectivity index (χ0n) is 9.84. The van der Waals surface area contributed by atoms with E-state index in [0.717, 1.165) is 44.5 Å². The fourth-order valence-electron chi connectivity index (χ4n) is 2.71. The first kappa shape index (κ1) is 11.2. The van der Waals surface area contributed by atoms with Crippen LogP contribution in [0.15, 0.2) is 4.52 Å². The van der Waals surface area contributed by atoms with Gasteiger partial charge in [-0.15, -0.1) is 0 Å². The van der Waals surface area contributed by atoms with E-state index in [0.29, 0.717) is 18.4 Å². The number of ether oxygens (including phenoxy) is 1. The summed E-state index contributed by atoms with van der Waals surface area (Å²) in [6.45, 7) is 1.49. The van der Waals surface area contributed by atoms with Crippen LogP contribution >= 0.6 is 0 Å². The van der Waals surface area contributed by atoms with Gasteiger partial charge in [0, 0.05) is 18.4 Å². The Kier molecular flexibility index (Phi) is 3.11. The van der Waals surface area contributed by atoms with Gasteiger partial charge in [-0.3, -0.25) is 0 Å². The Morgan fingerprint density at radius 3 is 2.88 bits per heavy atom. The highest BCUT2D eigenvalue weighted by atomic mass is 16.5. The van der Waals surface area contributed by atoms with Gasteiger partial charge in [0.1, 0.15) is 0 Å². The van der Waals surface area contributed by atoms with Gasteiger partial charge in [-0.1, -0.05) is 11.6 Å². The first-order chi connectivity index (χ1) is 8.33. The van der Waals surface area contributed by atoms with Crippen LogP contribution < -0.4 is 0 Å². The summed E-state index contributed by atoms with van der Waals surface area (Å²) in [5, 5.41) is 13.7. The van der Waals surface area contributed by atoms with Crippen molar-refractivity contribution in [1.29, 1.82) is 0 Å². The van der Waals surface area contributed by atoms with Crippen molar-refractivity contribution in [3.8, 4) is 0 Å². The van der Waals surface area contributed by atoms with Crippen molar-refractivity contribution in [3.05, 3.63) is 11.7 Å². The lowest BCUT2D eigenvalue weighted by Gasteiger charge is -2.22. The van der Waals surface area contributed by atoms with Gasteiger partial charge in [0.2, 0.25) is 5.89 Å². The van der Waals surface area contributed by atoms with E-state index in [1.165, 1.54) is 0 Å². The standard InChI is InChI=1S/C12H18N2O3/c15-10-3-1-2-8(6-10)12-13-11(14-17-12)9-4-5-16-7-9/h8-10,15H,1-7H2. The molecular formula is C12H18N2O3. The van der Waals surface area contributed by atoms with E-state index in [2.05, 4.69) is 10.1 Å². The second-order valence-corrected chi connectivity index (χ2v) is 5.07. The highest BCUT2D eigenvalue weighted by Crippen LogP contribution is 2.33. The maximum Gasteiger partial charge on any atom is 0.229 e. The maximum atomic E-state index is 9.65. The molecule has 17 heavy (non-hydrogen) atoms. The molecule has 1 N–H and O–H groups in total. The molecule has 0 aromatic carbocycles. The molecule has 3 unspecified atom stereocenters. The van der Waals surface area contributed by atoms with E-state index < -0.39 is 0 Å². The van der Waals surface area contributed by atoms with Gasteiger partial charge in [-0.25, -0.2) is 0 Å². The van der Waals surface area contributed by atoms with Gasteiger partial charge in [0.25, 0.3) is 0 Å². The minimum Gasteiger partial charge on any atom is -0.393 e. The first-order valence-corrected chi connectivity index (χ1v) is 6.42. The molecule has 1 saturated carbocycles. The van der Waals surface area contributed by atoms with Crippen LogP contribution in [0.3, 0.4) is 0 Å². The van der Waals surface area contributed by atoms with E-state index in [9.17, 15) is 5.11 Å². The monoisotopic (exact) mass is 238 g/mol. The van der Waals surface area contributed by atoms with E-state index in [1.54, 1.807) is 0 Å². The molecule has 3 rings (SSSR count). The Hall–Kier alpha value is -0.940. The average Bonchev–Trinajstić information content (AvgIpc) is 3.00. The largest absolute Gasteiger partial charge is 0.393 e. The molecule has 5 nitrogen and oxygen atoms in total. The molecule has 94 valence electrons. The third-order valence-corrected chi connectivity index (χ3v) is 3.75. The molecule has 2 aliphatic rings. The van der Waals surface area contributed by atoms with Crippen molar-refractivity contribution in [3.63, 3.8) is 0 Å². The van der Waals surface area contributed by atoms with Gasteiger partial charge < -0.3 is 14.4 Å². The highest BCUT2D eigenvalue weighted by Gasteiger charge is 2.28. The summed E-state index contributed by atoms with van der Waals surface area (Å²) in [6.07, 6.45) is 4.50. The molecule has 1 aliphatic carbocycles. The Bertz CT molecular complexity index is 374. The zero-order chi connectivity index (χ0) is 11.7. The lowest BCUT2D eigenvalue weighted by Crippen LogP contribution is -2.18. The maximum absolute atomic E-state index is 9.65. The number of nitrogens with zero attached hydrogens (tertiary/aromatic N) is 2. The Morgan fingerprint density at radius 2 is 2.12 bits per heavy atom. The van der Waals surface area contributed by atoms with Crippen molar-refractivity contribution in [1.82, 2.24) is 10.1 Å². The van der Waals surface area contributed by atoms with E-state index >= 15 is 0 Å². The number of aliphatic hydroxyl groups is 1. The molecule has 1 saturated heterocycles. The van der Waals surface area contributed by atoms with Crippen LogP contribution in [0.5, 0.6) is 0 Å². The predicted octanol–water partition coefficient (Wildman–Crippen LogP) is 1.59. The normalized spacial score (nSPS) is 34.1. The SMILES string of the molecule is OC1CCCC(c2nc(C3CCOC3)no2)C1. The first-order valence-electron chi connectivity index (χ1n) is 6.42. The van der Waals surface area contributed by atoms with Gasteiger partial charge in [-0.05, 0) is 25.7 Å². The second-order valence-electron chi connectivity index (χ2n) is 5.07. The van der Waals surface area contributed by atoms with Crippen molar-refractivity contribution in [2.75, 3.05) is 13.2 Å². The molecule has 0 amide bonds. The third-order valence-electron chi connectivity index (χ3n) is 3.75. The van der Waals surface area contributed by atoms with Crippen LogP contribution in [-0.4, -0.2) is 34.6 Å². The van der Waals surface area contributed by atoms with Crippen LogP contribution in [0.2, 0.25) is 0 Å². The minimum absolute atomic E-state index is 0.209. The number of aliphatic hydroxyl groups excluding tert-OH is 1. The molecule has 2 heterocycles. The van der Waals surface area contributed by atoms with Crippen molar-refractivity contribution in [2.45, 2.75) is 50.0 Å². The van der Waals surface area contributed by atoms with Crippen LogP contribution in [0.4, 0.5) is 0 Å². The molecule has 1 aromatic heterocycles. The molecule has 3 atom stereocenters. The fraction of sp³-hybridized carbons (Fsp3) is 0.833. The third kappa shape index (κ3) is 2.35. The van der Waals surface area contributed by atoms with Crippen molar-refractivity contribution in [2.24, 2.45) is 0 Å². The summed E-state index contributed by atoms with van der Waals surface area (Å²) in [6, 6.07) is 0. The number of rotatable bonds is 2. The van der Waals surface area contributed by atoms with Crippen LogP contribution in [0.1, 0.15) is 55.7 Å². The number of hydrogen-bond donors (Lipinski definition) is 1.